The van der Waals surface area contributed by atoms with E-state index in [1.807, 2.05) is 24.3 Å². The lowest BCUT2D eigenvalue weighted by Gasteiger charge is -2.33. The molecule has 1 aliphatic rings. The van der Waals surface area contributed by atoms with Crippen LogP contribution in [0.4, 0.5) is 0 Å². The maximum absolute atomic E-state index is 9.23. The maximum atomic E-state index is 9.23. The number of rotatable bonds is 6. The van der Waals surface area contributed by atoms with Gasteiger partial charge in [-0.05, 0) is 84.7 Å². The first-order chi connectivity index (χ1) is 17.0. The van der Waals surface area contributed by atoms with Crippen LogP contribution in [0.3, 0.4) is 0 Å². The lowest BCUT2D eigenvalue weighted by Crippen LogP contribution is -2.30. The van der Waals surface area contributed by atoms with Gasteiger partial charge in [-0.2, -0.15) is 5.26 Å². The van der Waals surface area contributed by atoms with E-state index in [2.05, 4.69) is 78.4 Å². The molecular formula is C29H30N4OS. The molecule has 1 unspecified atom stereocenters. The molecule has 178 valence electrons. The molecule has 1 saturated heterocycles. The van der Waals surface area contributed by atoms with Crippen molar-refractivity contribution in [1.29, 1.82) is 5.26 Å². The number of piperidine rings is 1. The minimum absolute atomic E-state index is 0.0202. The summed E-state index contributed by atoms with van der Waals surface area (Å²) in [5, 5.41) is 9.23. The number of benzene rings is 3. The van der Waals surface area contributed by atoms with Crippen LogP contribution in [0.15, 0.2) is 60.7 Å². The largest absolute Gasteiger partial charge is 0.365 e. The molecule has 0 aliphatic carbocycles. The van der Waals surface area contributed by atoms with E-state index in [1.54, 1.807) is 0 Å². The molecule has 0 amide bonds. The Bertz CT molecular complexity index is 1320. The highest BCUT2D eigenvalue weighted by molar-refractivity contribution is 7.77. The minimum Gasteiger partial charge on any atom is -0.365 e. The van der Waals surface area contributed by atoms with Gasteiger partial charge in [0.25, 0.3) is 0 Å². The summed E-state index contributed by atoms with van der Waals surface area (Å²) in [5.41, 5.74) is 8.51. The molecule has 2 heterocycles. The van der Waals surface area contributed by atoms with Gasteiger partial charge >= 0.3 is 0 Å². The Hall–Kier alpha value is -3.11. The second kappa shape index (κ2) is 10.2. The number of hydrogen-bond acceptors (Lipinski definition) is 5. The van der Waals surface area contributed by atoms with Crippen LogP contribution in [0, 0.1) is 31.1 Å². The number of nitrogens with zero attached hydrogens (tertiary/aromatic N) is 3. The number of nitrogens with one attached hydrogen (secondary N) is 1. The highest BCUT2D eigenvalue weighted by atomic mass is 32.1. The van der Waals surface area contributed by atoms with Crippen LogP contribution in [-0.4, -0.2) is 27.4 Å². The van der Waals surface area contributed by atoms with Crippen molar-refractivity contribution in [3.05, 3.63) is 88.7 Å². The molecule has 1 aliphatic heterocycles. The van der Waals surface area contributed by atoms with Crippen molar-refractivity contribution in [2.24, 2.45) is 5.92 Å². The molecule has 3 aromatic carbocycles. The van der Waals surface area contributed by atoms with Crippen LogP contribution < -0.4 is 0 Å². The van der Waals surface area contributed by atoms with Crippen molar-refractivity contribution in [2.45, 2.75) is 39.4 Å². The number of fused-ring (bicyclic) bond motifs is 1. The number of hydrogen-bond donors (Lipinski definition) is 2. The predicted octanol–water partition coefficient (Wildman–Crippen LogP) is 6.53. The summed E-state index contributed by atoms with van der Waals surface area (Å²) in [6.07, 6.45) is 2.06. The fraction of sp³-hybridized carbons (Fsp3) is 0.310. The summed E-state index contributed by atoms with van der Waals surface area (Å²) in [5.74, 6) is 1.27. The molecule has 0 bridgehead atoms. The van der Waals surface area contributed by atoms with Crippen LogP contribution >= 0.6 is 12.8 Å². The maximum Gasteiger partial charge on any atom is 0.133 e. The van der Waals surface area contributed by atoms with Crippen molar-refractivity contribution in [1.82, 2.24) is 14.3 Å². The molecule has 0 radical (unpaired) electrons. The Kier molecular flexibility index (Phi) is 6.92. The summed E-state index contributed by atoms with van der Waals surface area (Å²) < 4.78 is 8.67. The standard InChI is InChI=1S/C29H30N4OS/c1-19-14-26-27(15-20(19)2)32-28(31-26)18-34-29(24-10-12-33(35)13-11-24)23-8-6-22(7-9-23)25-5-3-4-21(16-25)17-30/h3-9,14-16,24,29,35H,10-13,18H2,1-2H3,(H,31,32). The van der Waals surface area contributed by atoms with E-state index in [0.29, 0.717) is 18.1 Å². The van der Waals surface area contributed by atoms with Crippen molar-refractivity contribution >= 4 is 23.8 Å². The van der Waals surface area contributed by atoms with E-state index < -0.39 is 0 Å². The third-order valence-electron chi connectivity index (χ3n) is 7.05. The van der Waals surface area contributed by atoms with E-state index in [-0.39, 0.29) is 6.10 Å². The van der Waals surface area contributed by atoms with Crippen molar-refractivity contribution in [3.8, 4) is 17.2 Å². The van der Waals surface area contributed by atoms with Crippen molar-refractivity contribution in [3.63, 3.8) is 0 Å². The summed E-state index contributed by atoms with van der Waals surface area (Å²) >= 11 is 4.54. The van der Waals surface area contributed by atoms with Crippen LogP contribution in [0.2, 0.25) is 0 Å². The SMILES string of the molecule is Cc1cc2nc(COC(c3ccc(-c4cccc(C#N)c4)cc3)C3CCN(S)CC3)[nH]c2cc1C. The zero-order valence-corrected chi connectivity index (χ0v) is 21.1. The summed E-state index contributed by atoms with van der Waals surface area (Å²) in [6.45, 7) is 6.58. The second-order valence-corrected chi connectivity index (χ2v) is 10.0. The monoisotopic (exact) mass is 482 g/mol. The fourth-order valence-electron chi connectivity index (χ4n) is 4.89. The lowest BCUT2D eigenvalue weighted by molar-refractivity contribution is -0.0170. The summed E-state index contributed by atoms with van der Waals surface area (Å²) in [6, 6.07) is 22.8. The number of nitriles is 1. The Balaban J connectivity index is 1.38. The summed E-state index contributed by atoms with van der Waals surface area (Å²) in [4.78, 5) is 8.22. The molecule has 6 heteroatoms. The lowest BCUT2D eigenvalue weighted by atomic mass is 9.87. The van der Waals surface area contributed by atoms with Gasteiger partial charge in [-0.25, -0.2) is 4.98 Å². The Morgan fingerprint density at radius 3 is 2.54 bits per heavy atom. The first-order valence-corrected chi connectivity index (χ1v) is 12.5. The van der Waals surface area contributed by atoms with Gasteiger partial charge in [-0.1, -0.05) is 49.2 Å². The van der Waals surface area contributed by atoms with Crippen LogP contribution in [0.5, 0.6) is 0 Å². The second-order valence-electron chi connectivity index (χ2n) is 9.47. The predicted molar refractivity (Wildman–Crippen MR) is 143 cm³/mol. The highest BCUT2D eigenvalue weighted by Crippen LogP contribution is 2.36. The molecule has 0 saturated carbocycles. The number of aryl methyl sites for hydroxylation is 2. The fourth-order valence-corrected chi connectivity index (χ4v) is 5.12. The van der Waals surface area contributed by atoms with Gasteiger partial charge in [0.15, 0.2) is 0 Å². The Labute approximate surface area is 212 Å². The van der Waals surface area contributed by atoms with Crippen LogP contribution in [-0.2, 0) is 11.3 Å². The van der Waals surface area contributed by atoms with Gasteiger partial charge in [-0.15, -0.1) is 0 Å². The third kappa shape index (κ3) is 5.28. The van der Waals surface area contributed by atoms with Gasteiger partial charge < -0.3 is 9.72 Å². The average Bonchev–Trinajstić information content (AvgIpc) is 3.27. The summed E-state index contributed by atoms with van der Waals surface area (Å²) in [7, 11) is 0. The number of thiol groups is 1. The smallest absolute Gasteiger partial charge is 0.133 e. The molecule has 5 rings (SSSR count). The van der Waals surface area contributed by atoms with Gasteiger partial charge in [-0.3, -0.25) is 4.31 Å². The number of aromatic amines is 1. The Morgan fingerprint density at radius 2 is 1.80 bits per heavy atom. The average molecular weight is 483 g/mol. The van der Waals surface area contributed by atoms with Crippen molar-refractivity contribution in [2.75, 3.05) is 13.1 Å². The molecule has 4 aromatic rings. The topological polar surface area (TPSA) is 64.9 Å². The highest BCUT2D eigenvalue weighted by Gasteiger charge is 2.28. The first-order valence-electron chi connectivity index (χ1n) is 12.1. The van der Waals surface area contributed by atoms with Gasteiger partial charge in [0, 0.05) is 13.1 Å². The van der Waals surface area contributed by atoms with Crippen LogP contribution in [0.25, 0.3) is 22.2 Å². The minimum atomic E-state index is -0.0202. The zero-order chi connectivity index (χ0) is 24.4. The van der Waals surface area contributed by atoms with E-state index in [1.165, 1.54) is 16.7 Å². The molecule has 1 fully saturated rings. The van der Waals surface area contributed by atoms with Gasteiger partial charge in [0.2, 0.25) is 0 Å². The van der Waals surface area contributed by atoms with Gasteiger partial charge in [0.1, 0.15) is 12.4 Å². The molecule has 1 N–H and O–H groups in total. The van der Waals surface area contributed by atoms with E-state index in [9.17, 15) is 5.26 Å². The number of aromatic nitrogens is 2. The molecular weight excluding hydrogens is 452 g/mol. The molecule has 1 aromatic heterocycles. The molecule has 35 heavy (non-hydrogen) atoms. The van der Waals surface area contributed by atoms with E-state index in [4.69, 9.17) is 9.72 Å². The van der Waals surface area contributed by atoms with Gasteiger partial charge in [0.05, 0.1) is 28.8 Å². The zero-order valence-electron chi connectivity index (χ0n) is 20.2. The van der Waals surface area contributed by atoms with E-state index >= 15 is 0 Å². The first kappa shape index (κ1) is 23.6. The molecule has 5 nitrogen and oxygen atoms in total. The molecule has 1 atom stereocenters. The number of H-pyrrole nitrogens is 1. The van der Waals surface area contributed by atoms with Crippen molar-refractivity contribution < 1.29 is 4.74 Å². The molecule has 0 spiro atoms. The normalized spacial score (nSPS) is 15.8. The number of imidazole rings is 1. The number of ether oxygens (including phenoxy) is 1. The quantitative estimate of drug-likeness (QED) is 0.307. The third-order valence-corrected chi connectivity index (χ3v) is 7.45. The van der Waals surface area contributed by atoms with Crippen LogP contribution in [0.1, 0.15) is 47.0 Å². The Morgan fingerprint density at radius 1 is 1.06 bits per heavy atom. The van der Waals surface area contributed by atoms with E-state index in [0.717, 1.165) is 53.9 Å².